The maximum absolute atomic E-state index is 13.0. The molecule has 1 aromatic heterocycles. The first-order valence-electron chi connectivity index (χ1n) is 12.1. The fraction of sp³-hybridized carbons (Fsp3) is 0.792. The SMILES string of the molecule is CNc1nnc([C@@H](NC(=O)O[C@@H]2CC[C@]3(CO3)C([C@@]3(C)O[C@@H]3CC=C(C)C)[C@@H]2OC)C(C)C)s1. The number of rotatable bonds is 9. The Morgan fingerprint density at radius 1 is 1.35 bits per heavy atom. The fourth-order valence-electron chi connectivity index (χ4n) is 5.34. The van der Waals surface area contributed by atoms with Gasteiger partial charge in [0.05, 0.1) is 24.7 Å². The second-order valence-corrected chi connectivity index (χ2v) is 11.4. The van der Waals surface area contributed by atoms with Crippen LogP contribution in [0.4, 0.5) is 9.93 Å². The van der Waals surface area contributed by atoms with Crippen molar-refractivity contribution in [2.24, 2.45) is 11.8 Å². The quantitative estimate of drug-likeness (QED) is 0.390. The predicted molar refractivity (Wildman–Crippen MR) is 130 cm³/mol. The summed E-state index contributed by atoms with van der Waals surface area (Å²) in [7, 11) is 3.48. The monoisotopic (exact) mass is 494 g/mol. The van der Waals surface area contributed by atoms with E-state index in [2.05, 4.69) is 47.7 Å². The van der Waals surface area contributed by atoms with E-state index in [0.717, 1.165) is 17.8 Å². The van der Waals surface area contributed by atoms with Crippen LogP contribution in [0.5, 0.6) is 0 Å². The van der Waals surface area contributed by atoms with Crippen molar-refractivity contribution in [1.82, 2.24) is 15.5 Å². The molecule has 3 fully saturated rings. The molecule has 9 nitrogen and oxygen atoms in total. The topological polar surface area (TPSA) is 110 Å². The highest BCUT2D eigenvalue weighted by Crippen LogP contribution is 2.59. The van der Waals surface area contributed by atoms with Crippen LogP contribution < -0.4 is 10.6 Å². The molecule has 1 unspecified atom stereocenters. The summed E-state index contributed by atoms with van der Waals surface area (Å²) in [5.41, 5.74) is 0.664. The first-order valence-corrected chi connectivity index (χ1v) is 12.9. The zero-order chi connectivity index (χ0) is 24.7. The van der Waals surface area contributed by atoms with Gasteiger partial charge >= 0.3 is 6.09 Å². The third-order valence-electron chi connectivity index (χ3n) is 7.36. The van der Waals surface area contributed by atoms with Gasteiger partial charge in [-0.2, -0.15) is 0 Å². The van der Waals surface area contributed by atoms with E-state index in [0.29, 0.717) is 18.2 Å². The Labute approximate surface area is 206 Å². The smallest absolute Gasteiger partial charge is 0.408 e. The highest BCUT2D eigenvalue weighted by Gasteiger charge is 2.72. The van der Waals surface area contributed by atoms with Crippen LogP contribution in [-0.2, 0) is 18.9 Å². The van der Waals surface area contributed by atoms with Crippen LogP contribution in [0.3, 0.4) is 0 Å². The van der Waals surface area contributed by atoms with Crippen molar-refractivity contribution < 1.29 is 23.7 Å². The average Bonchev–Trinajstić information content (AvgIpc) is 3.64. The summed E-state index contributed by atoms with van der Waals surface area (Å²) in [5, 5.41) is 15.8. The molecule has 0 radical (unpaired) electrons. The molecule has 1 saturated carbocycles. The molecule has 7 atom stereocenters. The fourth-order valence-corrected chi connectivity index (χ4v) is 6.27. The Morgan fingerprint density at radius 2 is 2.09 bits per heavy atom. The van der Waals surface area contributed by atoms with Crippen LogP contribution in [0.25, 0.3) is 0 Å². The third-order valence-corrected chi connectivity index (χ3v) is 8.38. The Morgan fingerprint density at radius 3 is 2.65 bits per heavy atom. The van der Waals surface area contributed by atoms with Crippen molar-refractivity contribution in [2.45, 2.75) is 89.4 Å². The number of epoxide rings is 2. The first-order chi connectivity index (χ1) is 16.1. The van der Waals surface area contributed by atoms with Crippen LogP contribution in [0.1, 0.15) is 64.9 Å². The van der Waals surface area contributed by atoms with E-state index in [1.165, 1.54) is 16.9 Å². The van der Waals surface area contributed by atoms with Gasteiger partial charge in [0, 0.05) is 14.2 Å². The largest absolute Gasteiger partial charge is 0.443 e. The van der Waals surface area contributed by atoms with Gasteiger partial charge in [-0.25, -0.2) is 4.79 Å². The van der Waals surface area contributed by atoms with E-state index >= 15 is 0 Å². The van der Waals surface area contributed by atoms with E-state index in [1.54, 1.807) is 14.2 Å². The highest BCUT2D eigenvalue weighted by atomic mass is 32.1. The number of allylic oxidation sites excluding steroid dienone is 1. The molecule has 1 aliphatic carbocycles. The second-order valence-electron chi connectivity index (χ2n) is 10.4. The number of carbonyl (C=O) groups is 1. The minimum absolute atomic E-state index is 0.00522. The van der Waals surface area contributed by atoms with E-state index in [9.17, 15) is 4.79 Å². The molecule has 2 aliphatic heterocycles. The molecule has 1 aromatic rings. The summed E-state index contributed by atoms with van der Waals surface area (Å²) >= 11 is 1.42. The molecule has 1 spiro atoms. The number of nitrogens with one attached hydrogen (secondary N) is 2. The highest BCUT2D eigenvalue weighted by molar-refractivity contribution is 7.15. The Hall–Kier alpha value is -1.75. The number of amides is 1. The summed E-state index contributed by atoms with van der Waals surface area (Å²) in [5.74, 6) is 0.120. The standard InChI is InChI=1S/C24H38N4O5S/c1-13(2)8-9-16-23(5,33-16)19-18(30-7)15(10-11-24(19)12-31-24)32-22(29)26-17(14(3)4)20-27-28-21(25-6)34-20/h8,14-19H,9-12H2,1-7H3,(H,25,28)(H,26,29)/t15-,16-,17+,18-,19?,23+,24+/m1/s1. The molecule has 3 heterocycles. The number of anilines is 1. The van der Waals surface area contributed by atoms with Gasteiger partial charge in [0.1, 0.15) is 28.4 Å². The van der Waals surface area contributed by atoms with E-state index in [-0.39, 0.29) is 47.4 Å². The van der Waals surface area contributed by atoms with Crippen LogP contribution >= 0.6 is 11.3 Å². The number of hydrogen-bond donors (Lipinski definition) is 2. The number of methoxy groups -OCH3 is 1. The number of hydrogen-bond acceptors (Lipinski definition) is 9. The van der Waals surface area contributed by atoms with Crippen molar-refractivity contribution in [3.05, 3.63) is 16.7 Å². The molecule has 190 valence electrons. The molecule has 10 heteroatoms. The summed E-state index contributed by atoms with van der Waals surface area (Å²) in [6, 6.07) is -0.289. The lowest BCUT2D eigenvalue weighted by molar-refractivity contribution is -0.118. The maximum atomic E-state index is 13.0. The average molecular weight is 495 g/mol. The molecule has 1 amide bonds. The molecule has 4 rings (SSSR count). The van der Waals surface area contributed by atoms with Crippen molar-refractivity contribution >= 4 is 22.6 Å². The lowest BCUT2D eigenvalue weighted by atomic mass is 9.68. The number of carbonyl (C=O) groups excluding carboxylic acids is 1. The molecule has 3 aliphatic rings. The lowest BCUT2D eigenvalue weighted by Crippen LogP contribution is -2.56. The number of alkyl carbamates (subject to hydrolysis) is 1. The Kier molecular flexibility index (Phi) is 7.24. The number of nitrogens with zero attached hydrogens (tertiary/aromatic N) is 2. The van der Waals surface area contributed by atoms with Crippen molar-refractivity contribution in [3.8, 4) is 0 Å². The van der Waals surface area contributed by atoms with E-state index in [1.807, 2.05) is 13.8 Å². The number of ether oxygens (including phenoxy) is 4. The van der Waals surface area contributed by atoms with Gasteiger partial charge in [0.15, 0.2) is 0 Å². The molecular weight excluding hydrogens is 456 g/mol. The summed E-state index contributed by atoms with van der Waals surface area (Å²) in [4.78, 5) is 13.0. The predicted octanol–water partition coefficient (Wildman–Crippen LogP) is 4.08. The lowest BCUT2D eigenvalue weighted by Gasteiger charge is -2.42. The Balaban J connectivity index is 1.45. The minimum Gasteiger partial charge on any atom is -0.443 e. The zero-order valence-electron chi connectivity index (χ0n) is 21.2. The van der Waals surface area contributed by atoms with E-state index < -0.39 is 6.09 Å². The third kappa shape index (κ3) is 4.96. The van der Waals surface area contributed by atoms with E-state index in [4.69, 9.17) is 18.9 Å². The zero-order valence-corrected chi connectivity index (χ0v) is 22.0. The van der Waals surface area contributed by atoms with Crippen LogP contribution in [-0.4, -0.2) is 66.6 Å². The van der Waals surface area contributed by atoms with Crippen LogP contribution in [0.15, 0.2) is 11.6 Å². The van der Waals surface area contributed by atoms with Crippen molar-refractivity contribution in [2.75, 3.05) is 26.1 Å². The van der Waals surface area contributed by atoms with Gasteiger partial charge in [-0.1, -0.05) is 36.8 Å². The summed E-state index contributed by atoms with van der Waals surface area (Å²) in [6.45, 7) is 11.1. The second kappa shape index (κ2) is 9.72. The van der Waals surface area contributed by atoms with Gasteiger partial charge in [-0.05, 0) is 46.0 Å². The molecule has 2 N–H and O–H groups in total. The first kappa shape index (κ1) is 25.3. The van der Waals surface area contributed by atoms with Crippen LogP contribution in [0, 0.1) is 11.8 Å². The maximum Gasteiger partial charge on any atom is 0.408 e. The normalized spacial score (nSPS) is 35.1. The van der Waals surface area contributed by atoms with Gasteiger partial charge in [-0.15, -0.1) is 10.2 Å². The molecular formula is C24H38N4O5S. The molecule has 34 heavy (non-hydrogen) atoms. The van der Waals surface area contributed by atoms with Gasteiger partial charge in [0.2, 0.25) is 5.13 Å². The summed E-state index contributed by atoms with van der Waals surface area (Å²) < 4.78 is 24.2. The van der Waals surface area contributed by atoms with Crippen molar-refractivity contribution in [3.63, 3.8) is 0 Å². The summed E-state index contributed by atoms with van der Waals surface area (Å²) in [6.07, 6.45) is 3.53. The number of aromatic nitrogens is 2. The minimum atomic E-state index is -0.471. The Bertz CT molecular complexity index is 913. The van der Waals surface area contributed by atoms with Gasteiger partial charge < -0.3 is 29.6 Å². The van der Waals surface area contributed by atoms with Gasteiger partial charge in [0.25, 0.3) is 0 Å². The molecule has 0 bridgehead atoms. The van der Waals surface area contributed by atoms with Crippen LogP contribution in [0.2, 0.25) is 0 Å². The van der Waals surface area contributed by atoms with Crippen molar-refractivity contribution in [1.29, 1.82) is 0 Å². The molecule has 2 saturated heterocycles. The molecule has 0 aromatic carbocycles. The van der Waals surface area contributed by atoms with Gasteiger partial charge in [-0.3, -0.25) is 0 Å².